The molecule has 4 nitrogen and oxygen atoms in total. The Kier molecular flexibility index (Phi) is 5.53. The quantitative estimate of drug-likeness (QED) is 0.504. The minimum absolute atomic E-state index is 0.00513. The van der Waals surface area contributed by atoms with Gasteiger partial charge in [-0.2, -0.15) is 0 Å². The molecule has 0 radical (unpaired) electrons. The van der Waals surface area contributed by atoms with Crippen LogP contribution in [0, 0.1) is 0 Å². The number of aryl methyl sites for hydroxylation is 1. The van der Waals surface area contributed by atoms with Crippen LogP contribution in [0.1, 0.15) is 32.0 Å². The molecule has 0 bridgehead atoms. The van der Waals surface area contributed by atoms with Gasteiger partial charge in [-0.1, -0.05) is 39.7 Å². The molecule has 1 aliphatic heterocycles. The Morgan fingerprint density at radius 2 is 2.00 bits per heavy atom. The lowest BCUT2D eigenvalue weighted by molar-refractivity contribution is 0.0987. The van der Waals surface area contributed by atoms with Gasteiger partial charge in [-0.05, 0) is 60.2 Å². The van der Waals surface area contributed by atoms with E-state index in [4.69, 9.17) is 11.6 Å². The number of halogens is 2. The second kappa shape index (κ2) is 8.07. The Hall–Kier alpha value is -2.15. The van der Waals surface area contributed by atoms with Crippen molar-refractivity contribution in [3.8, 4) is 0 Å². The predicted octanol–water partition coefficient (Wildman–Crippen LogP) is 6.01. The fourth-order valence-corrected chi connectivity index (χ4v) is 4.50. The van der Waals surface area contributed by atoms with Gasteiger partial charge in [0.1, 0.15) is 0 Å². The molecule has 2 amide bonds. The minimum atomic E-state index is -0.293. The van der Waals surface area contributed by atoms with Crippen LogP contribution < -0.4 is 10.2 Å². The van der Waals surface area contributed by atoms with Gasteiger partial charge >= 0.3 is 0 Å². The summed E-state index contributed by atoms with van der Waals surface area (Å²) in [6, 6.07) is 14.6. The number of thiophene rings is 1. The molecule has 142 valence electrons. The number of anilines is 2. The summed E-state index contributed by atoms with van der Waals surface area (Å²) >= 11 is 11.0. The third-order valence-corrected chi connectivity index (χ3v) is 6.29. The van der Waals surface area contributed by atoms with Gasteiger partial charge in [0.25, 0.3) is 11.8 Å². The zero-order chi connectivity index (χ0) is 19.7. The molecule has 0 saturated heterocycles. The fourth-order valence-electron chi connectivity index (χ4n) is 3.27. The first-order valence-electron chi connectivity index (χ1n) is 8.77. The third-order valence-electron chi connectivity index (χ3n) is 4.61. The number of carbonyl (C=O) groups excluding carboxylic acids is 2. The average Bonchev–Trinajstić information content (AvgIpc) is 3.23. The molecule has 0 unspecified atom stereocenters. The van der Waals surface area contributed by atoms with Gasteiger partial charge in [0.05, 0.1) is 15.5 Å². The summed E-state index contributed by atoms with van der Waals surface area (Å²) in [4.78, 5) is 28.1. The SMILES string of the molecule is O=C(Nc1ccc2c(c1)N(C(=O)c1cccs1)CCC2)c1cc(Br)ccc1Cl. The van der Waals surface area contributed by atoms with Crippen LogP contribution >= 0.6 is 38.9 Å². The molecule has 0 fully saturated rings. The number of carbonyl (C=O) groups is 2. The van der Waals surface area contributed by atoms with E-state index < -0.39 is 0 Å². The average molecular weight is 476 g/mol. The zero-order valence-corrected chi connectivity index (χ0v) is 17.9. The number of nitrogens with one attached hydrogen (secondary N) is 1. The van der Waals surface area contributed by atoms with Crippen LogP contribution in [0.15, 0.2) is 58.4 Å². The molecular formula is C21H16BrClN2O2S. The van der Waals surface area contributed by atoms with Crippen molar-refractivity contribution < 1.29 is 9.59 Å². The Morgan fingerprint density at radius 3 is 2.79 bits per heavy atom. The van der Waals surface area contributed by atoms with E-state index in [0.717, 1.165) is 28.6 Å². The maximum Gasteiger partial charge on any atom is 0.268 e. The van der Waals surface area contributed by atoms with Crippen LogP contribution in [0.25, 0.3) is 0 Å². The molecule has 28 heavy (non-hydrogen) atoms. The highest BCUT2D eigenvalue weighted by atomic mass is 79.9. The number of amides is 2. The van der Waals surface area contributed by atoms with Crippen molar-refractivity contribution in [2.45, 2.75) is 12.8 Å². The van der Waals surface area contributed by atoms with E-state index in [1.54, 1.807) is 23.1 Å². The van der Waals surface area contributed by atoms with Gasteiger partial charge < -0.3 is 10.2 Å². The van der Waals surface area contributed by atoms with Crippen molar-refractivity contribution >= 4 is 62.1 Å². The van der Waals surface area contributed by atoms with Gasteiger partial charge in [0.2, 0.25) is 0 Å². The van der Waals surface area contributed by atoms with Crippen LogP contribution in [-0.2, 0) is 6.42 Å². The Bertz CT molecular complexity index is 1050. The Morgan fingerprint density at radius 1 is 1.14 bits per heavy atom. The number of rotatable bonds is 3. The van der Waals surface area contributed by atoms with E-state index >= 15 is 0 Å². The molecule has 4 rings (SSSR count). The summed E-state index contributed by atoms with van der Waals surface area (Å²) in [6.07, 6.45) is 1.83. The second-order valence-corrected chi connectivity index (χ2v) is 8.73. The van der Waals surface area contributed by atoms with Crippen LogP contribution in [0.3, 0.4) is 0 Å². The van der Waals surface area contributed by atoms with Crippen molar-refractivity contribution in [2.24, 2.45) is 0 Å². The molecule has 0 atom stereocenters. The highest BCUT2D eigenvalue weighted by molar-refractivity contribution is 9.10. The fraction of sp³-hybridized carbons (Fsp3) is 0.143. The molecule has 2 heterocycles. The molecule has 1 aromatic heterocycles. The Labute approximate surface area is 180 Å². The largest absolute Gasteiger partial charge is 0.322 e. The smallest absolute Gasteiger partial charge is 0.268 e. The van der Waals surface area contributed by atoms with E-state index in [9.17, 15) is 9.59 Å². The highest BCUT2D eigenvalue weighted by Gasteiger charge is 2.25. The van der Waals surface area contributed by atoms with Crippen LogP contribution in [0.4, 0.5) is 11.4 Å². The predicted molar refractivity (Wildman–Crippen MR) is 118 cm³/mol. The topological polar surface area (TPSA) is 49.4 Å². The molecule has 3 aromatic rings. The van der Waals surface area contributed by atoms with Crippen molar-refractivity contribution in [1.29, 1.82) is 0 Å². The van der Waals surface area contributed by atoms with Gasteiger partial charge in [-0.25, -0.2) is 0 Å². The van der Waals surface area contributed by atoms with Crippen LogP contribution in [-0.4, -0.2) is 18.4 Å². The van der Waals surface area contributed by atoms with E-state index in [-0.39, 0.29) is 11.8 Å². The number of benzene rings is 2. The van der Waals surface area contributed by atoms with Crippen molar-refractivity contribution in [3.63, 3.8) is 0 Å². The lowest BCUT2D eigenvalue weighted by Crippen LogP contribution is -2.35. The summed E-state index contributed by atoms with van der Waals surface area (Å²) in [5.41, 5.74) is 2.98. The van der Waals surface area contributed by atoms with E-state index in [0.29, 0.717) is 27.7 Å². The van der Waals surface area contributed by atoms with Crippen molar-refractivity contribution in [2.75, 3.05) is 16.8 Å². The molecule has 0 aliphatic carbocycles. The first-order valence-corrected chi connectivity index (χ1v) is 10.8. The second-order valence-electron chi connectivity index (χ2n) is 6.46. The molecule has 7 heteroatoms. The molecular weight excluding hydrogens is 460 g/mol. The maximum absolute atomic E-state index is 12.9. The van der Waals surface area contributed by atoms with Gasteiger partial charge in [0.15, 0.2) is 0 Å². The van der Waals surface area contributed by atoms with Gasteiger partial charge in [-0.15, -0.1) is 11.3 Å². The minimum Gasteiger partial charge on any atom is -0.322 e. The zero-order valence-electron chi connectivity index (χ0n) is 14.7. The molecule has 1 N–H and O–H groups in total. The standard InChI is InChI=1S/C21H16BrClN2O2S/c22-14-6-8-17(23)16(11-14)20(26)24-15-7-5-13-3-1-9-25(18(13)12-15)21(27)19-4-2-10-28-19/h2,4-8,10-12H,1,3,9H2,(H,24,26). The summed E-state index contributed by atoms with van der Waals surface area (Å²) in [5.74, 6) is -0.298. The normalized spacial score (nSPS) is 13.1. The number of hydrogen-bond acceptors (Lipinski definition) is 3. The van der Waals surface area contributed by atoms with E-state index in [1.807, 2.05) is 35.7 Å². The van der Waals surface area contributed by atoms with Crippen LogP contribution in [0.5, 0.6) is 0 Å². The lowest BCUT2D eigenvalue weighted by atomic mass is 10.0. The number of hydrogen-bond donors (Lipinski definition) is 1. The lowest BCUT2D eigenvalue weighted by Gasteiger charge is -2.29. The molecule has 0 saturated carbocycles. The molecule has 1 aliphatic rings. The van der Waals surface area contributed by atoms with Crippen LogP contribution in [0.2, 0.25) is 5.02 Å². The van der Waals surface area contributed by atoms with Crippen molar-refractivity contribution in [3.05, 3.63) is 79.4 Å². The van der Waals surface area contributed by atoms with E-state index in [1.165, 1.54) is 11.3 Å². The summed E-state index contributed by atoms with van der Waals surface area (Å²) < 4.78 is 0.778. The third kappa shape index (κ3) is 3.85. The number of fused-ring (bicyclic) bond motifs is 1. The Balaban J connectivity index is 1.62. The first-order chi connectivity index (χ1) is 13.5. The summed E-state index contributed by atoms with van der Waals surface area (Å²) in [5, 5.41) is 5.17. The first kappa shape index (κ1) is 19.2. The summed E-state index contributed by atoms with van der Waals surface area (Å²) in [7, 11) is 0. The molecule has 2 aromatic carbocycles. The number of nitrogens with zero attached hydrogens (tertiary/aromatic N) is 1. The van der Waals surface area contributed by atoms with E-state index in [2.05, 4.69) is 21.2 Å². The monoisotopic (exact) mass is 474 g/mol. The van der Waals surface area contributed by atoms with Gasteiger partial charge in [0, 0.05) is 22.4 Å². The summed E-state index contributed by atoms with van der Waals surface area (Å²) in [6.45, 7) is 0.665. The highest BCUT2D eigenvalue weighted by Crippen LogP contribution is 2.32. The van der Waals surface area contributed by atoms with Gasteiger partial charge in [-0.3, -0.25) is 9.59 Å². The maximum atomic E-state index is 12.9. The molecule has 0 spiro atoms. The van der Waals surface area contributed by atoms with Crippen molar-refractivity contribution in [1.82, 2.24) is 0 Å².